The maximum Gasteiger partial charge on any atom is 0.262 e. The predicted octanol–water partition coefficient (Wildman–Crippen LogP) is 3.91. The molecule has 156 valence electrons. The van der Waals surface area contributed by atoms with Gasteiger partial charge in [0.1, 0.15) is 11.6 Å². The standard InChI is InChI=1S/C26H25N3O2/c27-18-24(26(31)28-15-16-30)17-21-11-13-25(14-12-21)29(19-22-7-3-1-4-8-22)20-23-9-5-2-6-10-23/h1-14,17,30H,15-16,19-20H2,(H,28,31). The third-order valence-electron chi connectivity index (χ3n) is 4.76. The van der Waals surface area contributed by atoms with Crippen molar-refractivity contribution in [2.45, 2.75) is 13.1 Å². The van der Waals surface area contributed by atoms with Crippen LogP contribution >= 0.6 is 0 Å². The van der Waals surface area contributed by atoms with Crippen LogP contribution < -0.4 is 10.2 Å². The summed E-state index contributed by atoms with van der Waals surface area (Å²) in [6, 6.07) is 30.3. The lowest BCUT2D eigenvalue weighted by molar-refractivity contribution is -0.117. The Morgan fingerprint density at radius 1 is 0.903 bits per heavy atom. The van der Waals surface area contributed by atoms with Crippen molar-refractivity contribution >= 4 is 17.7 Å². The molecule has 0 bridgehead atoms. The smallest absolute Gasteiger partial charge is 0.262 e. The molecule has 3 aromatic carbocycles. The van der Waals surface area contributed by atoms with Crippen LogP contribution in [-0.4, -0.2) is 24.2 Å². The summed E-state index contributed by atoms with van der Waals surface area (Å²) in [5.74, 6) is -0.490. The molecule has 0 aliphatic rings. The molecule has 31 heavy (non-hydrogen) atoms. The van der Waals surface area contributed by atoms with Crippen molar-refractivity contribution in [1.29, 1.82) is 5.26 Å². The fourth-order valence-electron chi connectivity index (χ4n) is 3.21. The molecule has 0 atom stereocenters. The number of hydrogen-bond donors (Lipinski definition) is 2. The molecule has 0 aromatic heterocycles. The second-order valence-electron chi connectivity index (χ2n) is 7.07. The molecule has 0 unspecified atom stereocenters. The quantitative estimate of drug-likeness (QED) is 0.413. The number of amides is 1. The van der Waals surface area contributed by atoms with Crippen LogP contribution in [0.2, 0.25) is 0 Å². The SMILES string of the molecule is N#CC(=Cc1ccc(N(Cc2ccccc2)Cc2ccccc2)cc1)C(=O)NCCO. The second-order valence-corrected chi connectivity index (χ2v) is 7.07. The largest absolute Gasteiger partial charge is 0.395 e. The van der Waals surface area contributed by atoms with Crippen molar-refractivity contribution in [3.63, 3.8) is 0 Å². The number of aliphatic hydroxyl groups is 1. The van der Waals surface area contributed by atoms with Crippen LogP contribution in [0.5, 0.6) is 0 Å². The van der Waals surface area contributed by atoms with E-state index in [1.807, 2.05) is 66.7 Å². The Balaban J connectivity index is 1.82. The van der Waals surface area contributed by atoms with Crippen molar-refractivity contribution in [3.05, 3.63) is 107 Å². The highest BCUT2D eigenvalue weighted by atomic mass is 16.3. The fourth-order valence-corrected chi connectivity index (χ4v) is 3.21. The van der Waals surface area contributed by atoms with Crippen LogP contribution in [-0.2, 0) is 17.9 Å². The minimum atomic E-state index is -0.490. The first-order valence-corrected chi connectivity index (χ1v) is 10.1. The zero-order valence-corrected chi connectivity index (χ0v) is 17.2. The highest BCUT2D eigenvalue weighted by molar-refractivity contribution is 6.01. The van der Waals surface area contributed by atoms with Crippen molar-refractivity contribution in [3.8, 4) is 6.07 Å². The first-order chi connectivity index (χ1) is 15.2. The molecule has 0 saturated carbocycles. The van der Waals surface area contributed by atoms with Gasteiger partial charge >= 0.3 is 0 Å². The monoisotopic (exact) mass is 411 g/mol. The minimum Gasteiger partial charge on any atom is -0.395 e. The molecule has 0 saturated heterocycles. The van der Waals surface area contributed by atoms with Gasteiger partial charge in [-0.3, -0.25) is 4.79 Å². The fraction of sp³-hybridized carbons (Fsp3) is 0.154. The van der Waals surface area contributed by atoms with E-state index in [0.29, 0.717) is 0 Å². The molecule has 0 spiro atoms. The number of rotatable bonds is 9. The maximum atomic E-state index is 12.0. The molecule has 2 N–H and O–H groups in total. The lowest BCUT2D eigenvalue weighted by Gasteiger charge is -2.25. The number of carbonyl (C=O) groups is 1. The van der Waals surface area contributed by atoms with E-state index in [1.165, 1.54) is 11.1 Å². The van der Waals surface area contributed by atoms with Gasteiger partial charge in [0.05, 0.1) is 6.61 Å². The van der Waals surface area contributed by atoms with Gasteiger partial charge in [0.15, 0.2) is 0 Å². The van der Waals surface area contributed by atoms with Gasteiger partial charge < -0.3 is 15.3 Å². The summed E-state index contributed by atoms with van der Waals surface area (Å²) in [5, 5.41) is 20.6. The van der Waals surface area contributed by atoms with E-state index in [4.69, 9.17) is 5.11 Å². The van der Waals surface area contributed by atoms with E-state index in [-0.39, 0.29) is 18.7 Å². The summed E-state index contributed by atoms with van der Waals surface area (Å²) in [7, 11) is 0. The first-order valence-electron chi connectivity index (χ1n) is 10.1. The van der Waals surface area contributed by atoms with Crippen LogP contribution in [0.4, 0.5) is 5.69 Å². The van der Waals surface area contributed by atoms with E-state index < -0.39 is 5.91 Å². The molecule has 0 radical (unpaired) electrons. The summed E-state index contributed by atoms with van der Waals surface area (Å²) in [4.78, 5) is 14.3. The highest BCUT2D eigenvalue weighted by Gasteiger charge is 2.10. The summed E-state index contributed by atoms with van der Waals surface area (Å²) >= 11 is 0. The Hall–Kier alpha value is -3.88. The molecule has 1 amide bonds. The lowest BCUT2D eigenvalue weighted by atomic mass is 10.1. The first kappa shape index (κ1) is 21.8. The Morgan fingerprint density at radius 2 is 1.45 bits per heavy atom. The molecule has 0 heterocycles. The number of nitrogens with one attached hydrogen (secondary N) is 1. The van der Waals surface area contributed by atoms with Gasteiger partial charge in [-0.05, 0) is 34.9 Å². The van der Waals surface area contributed by atoms with Crippen molar-refractivity contribution in [2.24, 2.45) is 0 Å². The number of nitriles is 1. The van der Waals surface area contributed by atoms with Crippen molar-refractivity contribution in [2.75, 3.05) is 18.1 Å². The van der Waals surface area contributed by atoms with E-state index in [1.54, 1.807) is 6.08 Å². The molecule has 0 aliphatic heterocycles. The number of benzene rings is 3. The van der Waals surface area contributed by atoms with Crippen LogP contribution in [0.15, 0.2) is 90.5 Å². The summed E-state index contributed by atoms with van der Waals surface area (Å²) < 4.78 is 0. The molecule has 0 aliphatic carbocycles. The summed E-state index contributed by atoms with van der Waals surface area (Å²) in [6.07, 6.45) is 1.55. The van der Waals surface area contributed by atoms with Crippen LogP contribution in [0.3, 0.4) is 0 Å². The van der Waals surface area contributed by atoms with Crippen LogP contribution in [0, 0.1) is 11.3 Å². The molecule has 3 aromatic rings. The third-order valence-corrected chi connectivity index (χ3v) is 4.76. The predicted molar refractivity (Wildman–Crippen MR) is 123 cm³/mol. The van der Waals surface area contributed by atoms with E-state index >= 15 is 0 Å². The Bertz CT molecular complexity index is 998. The van der Waals surface area contributed by atoms with Gasteiger partial charge in [0.25, 0.3) is 5.91 Å². The number of carbonyl (C=O) groups excluding carboxylic acids is 1. The Labute approximate surface area is 182 Å². The third kappa shape index (κ3) is 6.56. The second kappa shape index (κ2) is 11.3. The van der Waals surface area contributed by atoms with Crippen LogP contribution in [0.25, 0.3) is 6.08 Å². The minimum absolute atomic E-state index is 0.00614. The zero-order valence-electron chi connectivity index (χ0n) is 17.2. The van der Waals surface area contributed by atoms with Crippen molar-refractivity contribution in [1.82, 2.24) is 5.32 Å². The maximum absolute atomic E-state index is 12.0. The van der Waals surface area contributed by atoms with Gasteiger partial charge in [-0.1, -0.05) is 72.8 Å². The zero-order chi connectivity index (χ0) is 21.9. The molecule has 5 nitrogen and oxygen atoms in total. The molecule has 5 heteroatoms. The number of aliphatic hydroxyl groups excluding tert-OH is 1. The van der Waals surface area contributed by atoms with Gasteiger partial charge in [-0.2, -0.15) is 5.26 Å². The van der Waals surface area contributed by atoms with Crippen molar-refractivity contribution < 1.29 is 9.90 Å². The summed E-state index contributed by atoms with van der Waals surface area (Å²) in [5.41, 5.74) is 4.25. The van der Waals surface area contributed by atoms with Gasteiger partial charge in [-0.25, -0.2) is 0 Å². The highest BCUT2D eigenvalue weighted by Crippen LogP contribution is 2.22. The van der Waals surface area contributed by atoms with Gasteiger partial charge in [0.2, 0.25) is 0 Å². The average molecular weight is 412 g/mol. The van der Waals surface area contributed by atoms with Gasteiger partial charge in [-0.15, -0.1) is 0 Å². The number of anilines is 1. The summed E-state index contributed by atoms with van der Waals surface area (Å²) in [6.45, 7) is 1.47. The van der Waals surface area contributed by atoms with Gasteiger partial charge in [0, 0.05) is 25.3 Å². The number of nitrogens with zero attached hydrogens (tertiary/aromatic N) is 2. The van der Waals surface area contributed by atoms with E-state index in [9.17, 15) is 10.1 Å². The number of hydrogen-bond acceptors (Lipinski definition) is 4. The average Bonchev–Trinajstić information content (AvgIpc) is 2.82. The van der Waals surface area contributed by atoms with Crippen LogP contribution in [0.1, 0.15) is 16.7 Å². The molecular weight excluding hydrogens is 386 g/mol. The van der Waals surface area contributed by atoms with E-state index in [2.05, 4.69) is 34.5 Å². The molecule has 3 rings (SSSR count). The molecule has 0 fully saturated rings. The van der Waals surface area contributed by atoms with E-state index in [0.717, 1.165) is 24.3 Å². The molecular formula is C26H25N3O2. The lowest BCUT2D eigenvalue weighted by Crippen LogP contribution is -2.27. The Kier molecular flexibility index (Phi) is 7.98. The topological polar surface area (TPSA) is 76.4 Å². The Morgan fingerprint density at radius 3 is 1.94 bits per heavy atom. The normalized spacial score (nSPS) is 10.9.